The van der Waals surface area contributed by atoms with Crippen molar-refractivity contribution < 1.29 is 35.1 Å². The van der Waals surface area contributed by atoms with Crippen LogP contribution in [0.1, 0.15) is 5.56 Å². The number of para-hydroxylation sites is 2. The van der Waals surface area contributed by atoms with Gasteiger partial charge in [-0.2, -0.15) is 13.2 Å². The Bertz CT molecular complexity index is 4040. The summed E-state index contributed by atoms with van der Waals surface area (Å²) in [6.45, 7) is 0. The van der Waals surface area contributed by atoms with Crippen LogP contribution in [0.3, 0.4) is 0 Å². The average molecular weight is 949 g/mol. The Balaban J connectivity index is 1.13. The number of halogens is 8. The zero-order chi connectivity index (χ0) is 48.7. The number of rotatable bonds is 7. The van der Waals surface area contributed by atoms with E-state index in [-0.39, 0.29) is 11.4 Å². The van der Waals surface area contributed by atoms with Gasteiger partial charge in [-0.25, -0.2) is 22.0 Å². The van der Waals surface area contributed by atoms with Crippen molar-refractivity contribution in [1.29, 1.82) is 0 Å². The van der Waals surface area contributed by atoms with E-state index in [1.807, 2.05) is 121 Å². The molecule has 0 aliphatic heterocycles. The van der Waals surface area contributed by atoms with Crippen LogP contribution in [0.15, 0.2) is 194 Å². The SMILES string of the molecule is Fc1c(F)c(F)c(-c2cc(-n3c4ccccc4c4cc(-c5ccc(-c6ccccc6)nc5)ccc43)c(-n3c4ccccc4c4cc(-c5ccc(-c6ccccc6)nc5)ccc43)cc2C(F)(F)F)c(F)c1F. The lowest BCUT2D eigenvalue weighted by atomic mass is 9.95. The minimum Gasteiger partial charge on any atom is -0.307 e. The fourth-order valence-corrected chi connectivity index (χ4v) is 9.73. The molecule has 0 radical (unpaired) electrons. The highest BCUT2D eigenvalue weighted by Crippen LogP contribution is 2.47. The highest BCUT2D eigenvalue weighted by Gasteiger charge is 2.39. The number of alkyl halides is 3. The molecule has 71 heavy (non-hydrogen) atoms. The second kappa shape index (κ2) is 16.7. The van der Waals surface area contributed by atoms with Crippen LogP contribution < -0.4 is 0 Å². The van der Waals surface area contributed by atoms with Crippen molar-refractivity contribution in [2.75, 3.05) is 0 Å². The van der Waals surface area contributed by atoms with Crippen molar-refractivity contribution in [2.24, 2.45) is 0 Å². The van der Waals surface area contributed by atoms with E-state index in [0.29, 0.717) is 43.6 Å². The van der Waals surface area contributed by atoms with E-state index in [0.717, 1.165) is 56.9 Å². The van der Waals surface area contributed by atoms with Crippen molar-refractivity contribution in [1.82, 2.24) is 19.1 Å². The molecule has 0 saturated carbocycles. The first-order valence-electron chi connectivity index (χ1n) is 22.3. The monoisotopic (exact) mass is 948 g/mol. The number of pyridine rings is 2. The van der Waals surface area contributed by atoms with Gasteiger partial charge >= 0.3 is 6.18 Å². The molecule has 0 amide bonds. The first kappa shape index (κ1) is 43.4. The van der Waals surface area contributed by atoms with Gasteiger partial charge < -0.3 is 9.13 Å². The Morgan fingerprint density at radius 3 is 1.17 bits per heavy atom. The second-order valence-corrected chi connectivity index (χ2v) is 17.1. The minimum absolute atomic E-state index is 0.0443. The topological polar surface area (TPSA) is 35.6 Å². The molecule has 12 aromatic rings. The highest BCUT2D eigenvalue weighted by molar-refractivity contribution is 6.13. The summed E-state index contributed by atoms with van der Waals surface area (Å²) in [6.07, 6.45) is -1.87. The molecular formula is C59H32F8N4. The molecule has 4 nitrogen and oxygen atoms in total. The predicted octanol–water partition coefficient (Wildman–Crippen LogP) is 16.7. The molecular weight excluding hydrogens is 917 g/mol. The van der Waals surface area contributed by atoms with Gasteiger partial charge in [-0.1, -0.05) is 121 Å². The zero-order valence-electron chi connectivity index (χ0n) is 36.8. The molecule has 8 aromatic carbocycles. The van der Waals surface area contributed by atoms with Crippen molar-refractivity contribution in [3.05, 3.63) is 229 Å². The summed E-state index contributed by atoms with van der Waals surface area (Å²) >= 11 is 0. The van der Waals surface area contributed by atoms with Crippen LogP contribution in [0.4, 0.5) is 35.1 Å². The largest absolute Gasteiger partial charge is 0.417 e. The van der Waals surface area contributed by atoms with Crippen molar-refractivity contribution in [3.8, 4) is 67.3 Å². The fraction of sp³-hybridized carbons (Fsp3) is 0.0169. The van der Waals surface area contributed by atoms with Crippen LogP contribution in [0.25, 0.3) is 111 Å². The molecule has 0 spiro atoms. The molecule has 0 saturated heterocycles. The van der Waals surface area contributed by atoms with Gasteiger partial charge in [-0.3, -0.25) is 9.97 Å². The van der Waals surface area contributed by atoms with Gasteiger partial charge in [0.1, 0.15) is 0 Å². The molecule has 12 heteroatoms. The van der Waals surface area contributed by atoms with Gasteiger partial charge in [0.2, 0.25) is 5.82 Å². The number of aromatic nitrogens is 4. The van der Waals surface area contributed by atoms with Crippen LogP contribution in [0.5, 0.6) is 0 Å². The summed E-state index contributed by atoms with van der Waals surface area (Å²) < 4.78 is 127. The van der Waals surface area contributed by atoms with E-state index >= 15 is 30.7 Å². The molecule has 0 fully saturated rings. The van der Waals surface area contributed by atoms with Crippen LogP contribution in [0.2, 0.25) is 0 Å². The number of benzene rings is 8. The maximum absolute atomic E-state index is 15.9. The lowest BCUT2D eigenvalue weighted by Crippen LogP contribution is -2.14. The van der Waals surface area contributed by atoms with E-state index in [1.165, 1.54) is 0 Å². The summed E-state index contributed by atoms with van der Waals surface area (Å²) in [5.74, 6) is -12.1. The standard InChI is InChI=1S/C59H32F8N4/c60-54-53(55(61)57(63)58(64)56(54)62)43-29-51(70-47-17-9-7-15-39(47)41-27-35(21-25-49(41)70)37-19-23-45(68-31-37)33-11-3-1-4-12-33)52(30-44(43)59(65,66)67)71-48-18-10-8-16-40(48)42-28-36(22-26-50(42)71)38-20-24-46(69-32-38)34-13-5-2-6-14-34/h1-32H. The van der Waals surface area contributed by atoms with Gasteiger partial charge in [-0.05, 0) is 71.8 Å². The Hall–Kier alpha value is -8.90. The Morgan fingerprint density at radius 2 is 0.732 bits per heavy atom. The fourth-order valence-electron chi connectivity index (χ4n) is 9.73. The molecule has 4 aromatic heterocycles. The molecule has 0 atom stereocenters. The maximum Gasteiger partial charge on any atom is 0.417 e. The molecule has 344 valence electrons. The van der Waals surface area contributed by atoms with Crippen LogP contribution in [-0.2, 0) is 6.18 Å². The molecule has 0 N–H and O–H groups in total. The van der Waals surface area contributed by atoms with Gasteiger partial charge in [0.25, 0.3) is 0 Å². The number of fused-ring (bicyclic) bond motifs is 6. The molecule has 12 rings (SSSR count). The van der Waals surface area contributed by atoms with Crippen LogP contribution in [0, 0.1) is 29.1 Å². The lowest BCUT2D eigenvalue weighted by molar-refractivity contribution is -0.137. The van der Waals surface area contributed by atoms with E-state index < -0.39 is 52.0 Å². The molecule has 0 unspecified atom stereocenters. The summed E-state index contributed by atoms with van der Waals surface area (Å²) in [5, 5.41) is 2.65. The Labute approximate surface area is 399 Å². The Kier molecular flexibility index (Phi) is 10.2. The van der Waals surface area contributed by atoms with Gasteiger partial charge in [0, 0.05) is 61.8 Å². The van der Waals surface area contributed by atoms with Crippen molar-refractivity contribution >= 4 is 43.6 Å². The van der Waals surface area contributed by atoms with E-state index in [2.05, 4.69) is 0 Å². The van der Waals surface area contributed by atoms with Crippen molar-refractivity contribution in [2.45, 2.75) is 6.18 Å². The third-order valence-electron chi connectivity index (χ3n) is 13.1. The van der Waals surface area contributed by atoms with Gasteiger partial charge in [0.15, 0.2) is 23.3 Å². The highest BCUT2D eigenvalue weighted by atomic mass is 19.4. The number of nitrogens with zero attached hydrogens (tertiary/aromatic N) is 4. The Morgan fingerprint density at radius 1 is 0.338 bits per heavy atom. The predicted molar refractivity (Wildman–Crippen MR) is 263 cm³/mol. The van der Waals surface area contributed by atoms with Crippen LogP contribution >= 0.6 is 0 Å². The van der Waals surface area contributed by atoms with E-state index in [9.17, 15) is 4.39 Å². The molecule has 0 aliphatic rings. The number of hydrogen-bond donors (Lipinski definition) is 0. The lowest BCUT2D eigenvalue weighted by Gasteiger charge is -2.22. The summed E-state index contributed by atoms with van der Waals surface area (Å²) in [6, 6.07) is 53.9. The zero-order valence-corrected chi connectivity index (χ0v) is 36.8. The normalized spacial score (nSPS) is 11.9. The minimum atomic E-state index is -5.37. The van der Waals surface area contributed by atoms with E-state index in [1.54, 1.807) is 70.1 Å². The molecule has 4 heterocycles. The average Bonchev–Trinajstić information content (AvgIpc) is 3.92. The second-order valence-electron chi connectivity index (χ2n) is 17.1. The van der Waals surface area contributed by atoms with Crippen molar-refractivity contribution in [3.63, 3.8) is 0 Å². The third kappa shape index (κ3) is 7.12. The summed E-state index contributed by atoms with van der Waals surface area (Å²) in [4.78, 5) is 9.41. The third-order valence-corrected chi connectivity index (χ3v) is 13.1. The quantitative estimate of drug-likeness (QED) is 0.0907. The number of hydrogen-bond acceptors (Lipinski definition) is 2. The van der Waals surface area contributed by atoms with Crippen LogP contribution in [-0.4, -0.2) is 19.1 Å². The first-order chi connectivity index (χ1) is 34.4. The summed E-state index contributed by atoms with van der Waals surface area (Å²) in [5.41, 5.74) is 3.69. The maximum atomic E-state index is 15.9. The first-order valence-corrected chi connectivity index (χ1v) is 22.3. The van der Waals surface area contributed by atoms with E-state index in [4.69, 9.17) is 9.97 Å². The smallest absolute Gasteiger partial charge is 0.307 e. The molecule has 0 bridgehead atoms. The van der Waals surface area contributed by atoms with Gasteiger partial charge in [-0.15, -0.1) is 0 Å². The van der Waals surface area contributed by atoms with Gasteiger partial charge in [0.05, 0.1) is 56.0 Å². The summed E-state index contributed by atoms with van der Waals surface area (Å²) in [7, 11) is 0. The molecule has 0 aliphatic carbocycles.